The van der Waals surface area contributed by atoms with Crippen LogP contribution in [0.5, 0.6) is 0 Å². The molecule has 1 aliphatic heterocycles. The molecular formula is C30H28N6O. The maximum absolute atomic E-state index is 13.5. The van der Waals surface area contributed by atoms with Gasteiger partial charge in [0.2, 0.25) is 5.96 Å². The molecule has 1 heterocycles. The lowest BCUT2D eigenvalue weighted by atomic mass is 10.0. The van der Waals surface area contributed by atoms with Crippen molar-refractivity contribution in [3.63, 3.8) is 0 Å². The van der Waals surface area contributed by atoms with Crippen LogP contribution in [0.15, 0.2) is 102 Å². The number of fused-ring (bicyclic) bond motifs is 1. The van der Waals surface area contributed by atoms with Crippen molar-refractivity contribution < 1.29 is 4.79 Å². The first kappa shape index (κ1) is 23.9. The minimum absolute atomic E-state index is 0.158. The molecule has 0 spiro atoms. The summed E-state index contributed by atoms with van der Waals surface area (Å²) in [5.74, 6) is 0.479. The number of nitriles is 1. The molecule has 0 bridgehead atoms. The number of aliphatic imine (C=N–C) groups is 1. The minimum Gasteiger partial charge on any atom is -0.338 e. The van der Waals surface area contributed by atoms with Gasteiger partial charge in [0, 0.05) is 25.3 Å². The molecule has 5 rings (SSSR count). The van der Waals surface area contributed by atoms with Crippen molar-refractivity contribution in [3.05, 3.63) is 108 Å². The Morgan fingerprint density at radius 3 is 2.43 bits per heavy atom. The fourth-order valence-electron chi connectivity index (χ4n) is 4.67. The molecule has 7 nitrogen and oxygen atoms in total. The second kappa shape index (κ2) is 10.8. The molecule has 0 aliphatic carbocycles. The van der Waals surface area contributed by atoms with Crippen LogP contribution in [0.25, 0.3) is 10.8 Å². The summed E-state index contributed by atoms with van der Waals surface area (Å²) in [6, 6.07) is 31.4. The van der Waals surface area contributed by atoms with Gasteiger partial charge in [0.05, 0.1) is 11.7 Å². The van der Waals surface area contributed by atoms with Crippen molar-refractivity contribution >= 4 is 34.1 Å². The molecule has 1 atom stereocenters. The SMILES string of the molecule is Cc1ccccc1N=C(NC#N)N1CCN(C(=O)Nc2ccc3ccccc3c2)C(c2ccccc2)C1. The Balaban J connectivity index is 1.41. The van der Waals surface area contributed by atoms with Crippen molar-refractivity contribution in [2.45, 2.75) is 13.0 Å². The molecule has 2 N–H and O–H groups in total. The molecule has 1 aliphatic rings. The molecule has 4 aromatic carbocycles. The minimum atomic E-state index is -0.224. The normalized spacial score (nSPS) is 15.8. The van der Waals surface area contributed by atoms with E-state index in [2.05, 4.69) is 16.7 Å². The van der Waals surface area contributed by atoms with E-state index in [4.69, 9.17) is 4.99 Å². The smallest absolute Gasteiger partial charge is 0.322 e. The lowest BCUT2D eigenvalue weighted by Gasteiger charge is -2.42. The highest BCUT2D eigenvalue weighted by atomic mass is 16.2. The average molecular weight is 489 g/mol. The zero-order valence-corrected chi connectivity index (χ0v) is 20.6. The van der Waals surface area contributed by atoms with E-state index in [0.717, 1.165) is 33.3 Å². The van der Waals surface area contributed by atoms with Crippen LogP contribution >= 0.6 is 0 Å². The third-order valence-electron chi connectivity index (χ3n) is 6.64. The van der Waals surface area contributed by atoms with Crippen molar-refractivity contribution in [1.82, 2.24) is 15.1 Å². The van der Waals surface area contributed by atoms with Crippen LogP contribution in [0.2, 0.25) is 0 Å². The summed E-state index contributed by atoms with van der Waals surface area (Å²) in [7, 11) is 0. The Morgan fingerprint density at radius 2 is 1.65 bits per heavy atom. The zero-order chi connectivity index (χ0) is 25.6. The van der Waals surface area contributed by atoms with Crippen LogP contribution in [-0.4, -0.2) is 41.4 Å². The second-order valence-electron chi connectivity index (χ2n) is 9.02. The summed E-state index contributed by atoms with van der Waals surface area (Å²) < 4.78 is 0. The monoisotopic (exact) mass is 488 g/mol. The van der Waals surface area contributed by atoms with Crippen LogP contribution in [0.1, 0.15) is 17.2 Å². The third kappa shape index (κ3) is 5.39. The number of hydrogen-bond acceptors (Lipinski definition) is 3. The third-order valence-corrected chi connectivity index (χ3v) is 6.64. The lowest BCUT2D eigenvalue weighted by Crippen LogP contribution is -2.55. The first-order chi connectivity index (χ1) is 18.1. The molecule has 184 valence electrons. The second-order valence-corrected chi connectivity index (χ2v) is 9.02. The van der Waals surface area contributed by atoms with Crippen LogP contribution in [0, 0.1) is 18.4 Å². The van der Waals surface area contributed by atoms with Gasteiger partial charge in [-0.05, 0) is 47.0 Å². The summed E-state index contributed by atoms with van der Waals surface area (Å²) in [4.78, 5) is 22.2. The zero-order valence-electron chi connectivity index (χ0n) is 20.6. The number of nitrogens with zero attached hydrogens (tertiary/aromatic N) is 4. The number of nitrogens with one attached hydrogen (secondary N) is 2. The van der Waals surface area contributed by atoms with E-state index in [1.165, 1.54) is 0 Å². The number of rotatable bonds is 3. The number of piperazine rings is 1. The van der Waals surface area contributed by atoms with Crippen LogP contribution in [0.3, 0.4) is 0 Å². The van der Waals surface area contributed by atoms with Crippen molar-refractivity contribution in [3.8, 4) is 6.19 Å². The van der Waals surface area contributed by atoms with Gasteiger partial charge in [-0.3, -0.25) is 5.32 Å². The predicted octanol–water partition coefficient (Wildman–Crippen LogP) is 5.80. The summed E-state index contributed by atoms with van der Waals surface area (Å²) in [5, 5.41) is 17.5. The highest BCUT2D eigenvalue weighted by Gasteiger charge is 2.33. The molecule has 4 aromatic rings. The van der Waals surface area contributed by atoms with E-state index in [-0.39, 0.29) is 12.1 Å². The number of hydrogen-bond donors (Lipinski definition) is 2. The van der Waals surface area contributed by atoms with Crippen molar-refractivity contribution in [1.29, 1.82) is 5.26 Å². The van der Waals surface area contributed by atoms with E-state index >= 15 is 0 Å². The summed E-state index contributed by atoms with van der Waals surface area (Å²) in [6.45, 7) is 3.49. The number of aryl methyl sites for hydroxylation is 1. The Morgan fingerprint density at radius 1 is 0.919 bits per heavy atom. The van der Waals surface area contributed by atoms with Crippen molar-refractivity contribution in [2.75, 3.05) is 25.0 Å². The van der Waals surface area contributed by atoms with E-state index in [9.17, 15) is 10.1 Å². The fourth-order valence-corrected chi connectivity index (χ4v) is 4.67. The Kier molecular flexibility index (Phi) is 7.00. The van der Waals surface area contributed by atoms with Gasteiger partial charge in [0.25, 0.3) is 0 Å². The van der Waals surface area contributed by atoms with Gasteiger partial charge in [0.1, 0.15) is 0 Å². The number of anilines is 1. The highest BCUT2D eigenvalue weighted by Crippen LogP contribution is 2.28. The molecule has 7 heteroatoms. The Labute approximate surface area is 216 Å². The molecule has 1 unspecified atom stereocenters. The quantitative estimate of drug-likeness (QED) is 0.165. The van der Waals surface area contributed by atoms with Crippen LogP contribution < -0.4 is 10.6 Å². The van der Waals surface area contributed by atoms with Gasteiger partial charge in [-0.25, -0.2) is 9.79 Å². The number of amides is 2. The average Bonchev–Trinajstić information content (AvgIpc) is 2.94. The molecule has 1 saturated heterocycles. The number of guanidine groups is 1. The number of benzene rings is 4. The summed E-state index contributed by atoms with van der Waals surface area (Å²) in [6.07, 6.45) is 2.03. The maximum atomic E-state index is 13.5. The van der Waals surface area contributed by atoms with Gasteiger partial charge in [-0.15, -0.1) is 0 Å². The number of para-hydroxylation sites is 1. The van der Waals surface area contributed by atoms with Gasteiger partial charge < -0.3 is 15.1 Å². The van der Waals surface area contributed by atoms with E-state index in [0.29, 0.717) is 25.6 Å². The largest absolute Gasteiger partial charge is 0.338 e. The lowest BCUT2D eigenvalue weighted by molar-refractivity contribution is 0.135. The van der Waals surface area contributed by atoms with E-state index in [1.54, 1.807) is 0 Å². The van der Waals surface area contributed by atoms with Crippen LogP contribution in [0.4, 0.5) is 16.2 Å². The topological polar surface area (TPSA) is 83.8 Å². The molecule has 1 fully saturated rings. The van der Waals surface area contributed by atoms with Gasteiger partial charge in [-0.2, -0.15) is 5.26 Å². The molecule has 37 heavy (non-hydrogen) atoms. The number of carbonyl (C=O) groups is 1. The molecule has 0 radical (unpaired) electrons. The molecule has 0 aromatic heterocycles. The van der Waals surface area contributed by atoms with E-state index < -0.39 is 0 Å². The summed E-state index contributed by atoms with van der Waals surface area (Å²) >= 11 is 0. The Bertz CT molecular complexity index is 1480. The van der Waals surface area contributed by atoms with Gasteiger partial charge >= 0.3 is 6.03 Å². The van der Waals surface area contributed by atoms with Crippen molar-refractivity contribution in [2.24, 2.45) is 4.99 Å². The van der Waals surface area contributed by atoms with Gasteiger partial charge in [0.15, 0.2) is 6.19 Å². The number of carbonyl (C=O) groups excluding carboxylic acids is 1. The molecule has 2 amide bonds. The first-order valence-electron chi connectivity index (χ1n) is 12.3. The first-order valence-corrected chi connectivity index (χ1v) is 12.3. The summed E-state index contributed by atoms with van der Waals surface area (Å²) in [5.41, 5.74) is 3.60. The van der Waals surface area contributed by atoms with E-state index in [1.807, 2.05) is 114 Å². The highest BCUT2D eigenvalue weighted by molar-refractivity contribution is 5.94. The van der Waals surface area contributed by atoms with Gasteiger partial charge in [-0.1, -0.05) is 78.9 Å². The maximum Gasteiger partial charge on any atom is 0.322 e. The standard InChI is InChI=1S/C30H28N6O/c1-22-9-5-8-14-27(22)34-29(32-21-31)35-17-18-36(28(20-35)24-11-3-2-4-12-24)30(37)33-26-16-15-23-10-6-7-13-25(23)19-26/h2-16,19,28H,17-18,20H2,1H3,(H,32,34)(H,33,37). The molecular weight excluding hydrogens is 460 g/mol. The Hall–Kier alpha value is -4.83. The number of urea groups is 1. The fraction of sp³-hybridized carbons (Fsp3) is 0.167. The molecule has 0 saturated carbocycles. The van der Waals surface area contributed by atoms with Crippen LogP contribution in [-0.2, 0) is 0 Å². The predicted molar refractivity (Wildman–Crippen MR) is 147 cm³/mol.